The molecule has 0 radical (unpaired) electrons. The highest BCUT2D eigenvalue weighted by molar-refractivity contribution is 7.88. The minimum absolute atomic E-state index is 0.123. The van der Waals surface area contributed by atoms with Crippen molar-refractivity contribution >= 4 is 22.3 Å². The lowest BCUT2D eigenvalue weighted by molar-refractivity contribution is -0.109. The van der Waals surface area contributed by atoms with E-state index in [2.05, 4.69) is 17.7 Å². The summed E-state index contributed by atoms with van der Waals surface area (Å²) >= 11 is 0. The third kappa shape index (κ3) is 2.67. The van der Waals surface area contributed by atoms with Gasteiger partial charge in [-0.2, -0.15) is 8.42 Å². The summed E-state index contributed by atoms with van der Waals surface area (Å²) in [5.41, 5.74) is 4.65. The van der Waals surface area contributed by atoms with Crippen molar-refractivity contribution < 1.29 is 17.4 Å². The summed E-state index contributed by atoms with van der Waals surface area (Å²) in [7, 11) is -3.66. The normalized spacial score (nSPS) is 38.7. The number of carbonyl (C=O) groups is 1. The monoisotopic (exact) mass is 389 g/mol. The van der Waals surface area contributed by atoms with E-state index >= 15 is 0 Å². The highest BCUT2D eigenvalue weighted by Gasteiger charge is 2.54. The van der Waals surface area contributed by atoms with Crippen molar-refractivity contribution in [3.8, 4) is 0 Å². The van der Waals surface area contributed by atoms with Crippen LogP contribution in [-0.4, -0.2) is 14.7 Å². The van der Waals surface area contributed by atoms with E-state index in [0.29, 0.717) is 41.2 Å². The molecule has 5 rings (SSSR count). The Labute approximate surface area is 161 Å². The number of carbonyl (C=O) groups excluding carboxylic acids is 1. The molecule has 1 N–H and O–H groups in total. The number of hydrogen-bond acceptors (Lipinski definition) is 4. The van der Waals surface area contributed by atoms with Crippen LogP contribution in [0.3, 0.4) is 0 Å². The number of fused-ring (bicyclic) bond motifs is 6. The summed E-state index contributed by atoms with van der Waals surface area (Å²) in [6.07, 6.45) is 8.82. The van der Waals surface area contributed by atoms with Crippen LogP contribution >= 0.6 is 0 Å². The first kappa shape index (κ1) is 17.7. The molecule has 3 aliphatic carbocycles. The predicted octanol–water partition coefficient (Wildman–Crippen LogP) is 3.93. The quantitative estimate of drug-likeness (QED) is 0.778. The fraction of sp³-hybridized carbons (Fsp3) is 0.667. The van der Waals surface area contributed by atoms with Crippen LogP contribution < -0.4 is 4.72 Å². The van der Waals surface area contributed by atoms with Gasteiger partial charge in [0.1, 0.15) is 6.29 Å². The summed E-state index contributed by atoms with van der Waals surface area (Å²) < 4.78 is 30.9. The van der Waals surface area contributed by atoms with Crippen LogP contribution in [0.2, 0.25) is 0 Å². The standard InChI is InChI=1S/C21H27NO4S/c1-21-8-6-16-17(19(21)5-3-15(21)7-9-23)4-2-13-11-20-14(10-18(13)16)12-26-27(24,25)22-20/h9-11,15-17,19,22H,2-8,12H2,1H3. The molecule has 1 aromatic rings. The second-order valence-electron chi connectivity index (χ2n) is 9.16. The van der Waals surface area contributed by atoms with E-state index in [4.69, 9.17) is 4.18 Å². The summed E-state index contributed by atoms with van der Waals surface area (Å²) in [4.78, 5) is 11.1. The summed E-state index contributed by atoms with van der Waals surface area (Å²) in [5, 5.41) is 0. The minimum Gasteiger partial charge on any atom is -0.303 e. The first-order valence-electron chi connectivity index (χ1n) is 10.2. The van der Waals surface area contributed by atoms with Crippen molar-refractivity contribution in [2.45, 2.75) is 64.4 Å². The van der Waals surface area contributed by atoms with Gasteiger partial charge in [0.05, 0.1) is 12.3 Å². The Morgan fingerprint density at radius 1 is 1.22 bits per heavy atom. The molecule has 2 fully saturated rings. The van der Waals surface area contributed by atoms with Gasteiger partial charge in [-0.25, -0.2) is 4.18 Å². The molecule has 4 aliphatic rings. The van der Waals surface area contributed by atoms with Crippen LogP contribution in [-0.2, 0) is 32.3 Å². The van der Waals surface area contributed by atoms with Gasteiger partial charge < -0.3 is 4.79 Å². The summed E-state index contributed by atoms with van der Waals surface area (Å²) in [6.45, 7) is 2.55. The number of anilines is 1. The van der Waals surface area contributed by atoms with Crippen LogP contribution in [0.25, 0.3) is 0 Å². The Morgan fingerprint density at radius 3 is 2.89 bits per heavy atom. The summed E-state index contributed by atoms with van der Waals surface area (Å²) in [5.74, 6) is 2.51. The van der Waals surface area contributed by atoms with Crippen molar-refractivity contribution in [3.63, 3.8) is 0 Å². The molecule has 0 saturated heterocycles. The molecule has 146 valence electrons. The van der Waals surface area contributed by atoms with E-state index in [-0.39, 0.29) is 6.61 Å². The second kappa shape index (κ2) is 6.05. The fourth-order valence-corrected chi connectivity index (χ4v) is 7.60. The maximum atomic E-state index is 11.7. The maximum absolute atomic E-state index is 11.7. The molecule has 6 heteroatoms. The van der Waals surface area contributed by atoms with Gasteiger partial charge in [-0.1, -0.05) is 13.0 Å². The van der Waals surface area contributed by atoms with Gasteiger partial charge in [-0.3, -0.25) is 4.72 Å². The van der Waals surface area contributed by atoms with E-state index in [9.17, 15) is 13.2 Å². The van der Waals surface area contributed by atoms with Crippen LogP contribution in [0.5, 0.6) is 0 Å². The lowest BCUT2D eigenvalue weighted by Crippen LogP contribution is -2.42. The Hall–Kier alpha value is -1.40. The molecule has 5 atom stereocenters. The van der Waals surface area contributed by atoms with E-state index < -0.39 is 10.3 Å². The highest BCUT2D eigenvalue weighted by atomic mass is 32.2. The van der Waals surface area contributed by atoms with E-state index in [1.165, 1.54) is 43.2 Å². The van der Waals surface area contributed by atoms with Gasteiger partial charge >= 0.3 is 10.3 Å². The van der Waals surface area contributed by atoms with Crippen molar-refractivity contribution in [2.75, 3.05) is 4.72 Å². The molecule has 27 heavy (non-hydrogen) atoms. The Bertz CT molecular complexity index is 896. The van der Waals surface area contributed by atoms with Crippen molar-refractivity contribution in [1.29, 1.82) is 0 Å². The van der Waals surface area contributed by atoms with Gasteiger partial charge in [0.15, 0.2) is 0 Å². The van der Waals surface area contributed by atoms with Crippen LogP contribution in [0, 0.1) is 23.2 Å². The van der Waals surface area contributed by atoms with Gasteiger partial charge in [0.2, 0.25) is 0 Å². The lowest BCUT2D eigenvalue weighted by atomic mass is 9.54. The smallest absolute Gasteiger partial charge is 0.303 e. The Morgan fingerprint density at radius 2 is 2.07 bits per heavy atom. The Kier molecular flexibility index (Phi) is 3.96. The van der Waals surface area contributed by atoms with Crippen LogP contribution in [0.4, 0.5) is 5.69 Å². The lowest BCUT2D eigenvalue weighted by Gasteiger charge is -2.51. The molecule has 0 spiro atoms. The van der Waals surface area contributed by atoms with Gasteiger partial charge in [0, 0.05) is 12.0 Å². The van der Waals surface area contributed by atoms with Crippen molar-refractivity contribution in [1.82, 2.24) is 0 Å². The zero-order valence-electron chi connectivity index (χ0n) is 15.7. The molecule has 0 bridgehead atoms. The highest BCUT2D eigenvalue weighted by Crippen LogP contribution is 2.63. The fourth-order valence-electron chi connectivity index (χ4n) is 6.80. The third-order valence-electron chi connectivity index (χ3n) is 8.13. The largest absolute Gasteiger partial charge is 0.360 e. The average molecular weight is 390 g/mol. The van der Waals surface area contributed by atoms with Crippen molar-refractivity contribution in [3.05, 3.63) is 28.8 Å². The van der Waals surface area contributed by atoms with Gasteiger partial charge in [0.25, 0.3) is 0 Å². The number of rotatable bonds is 2. The van der Waals surface area contributed by atoms with E-state index in [1.54, 1.807) is 0 Å². The molecule has 1 aliphatic heterocycles. The third-order valence-corrected chi connectivity index (χ3v) is 9.03. The number of aryl methyl sites for hydroxylation is 1. The topological polar surface area (TPSA) is 72.5 Å². The average Bonchev–Trinajstić information content (AvgIpc) is 2.96. The van der Waals surface area contributed by atoms with E-state index in [1.807, 2.05) is 6.07 Å². The Balaban J connectivity index is 1.48. The number of aldehydes is 1. The SMILES string of the molecule is CC12CCC3c4cc5c(cc4CCC3C1CCC2CC=O)NS(=O)(=O)OC5. The molecule has 1 aromatic carbocycles. The first-order valence-corrected chi connectivity index (χ1v) is 11.6. The van der Waals surface area contributed by atoms with E-state index in [0.717, 1.165) is 18.3 Å². The molecule has 5 unspecified atom stereocenters. The number of benzene rings is 1. The molecule has 0 amide bonds. The molecular formula is C21H27NO4S. The zero-order chi connectivity index (χ0) is 18.8. The molecular weight excluding hydrogens is 362 g/mol. The summed E-state index contributed by atoms with van der Waals surface area (Å²) in [6, 6.07) is 4.24. The van der Waals surface area contributed by atoms with Gasteiger partial charge in [-0.15, -0.1) is 0 Å². The molecule has 5 nitrogen and oxygen atoms in total. The number of nitrogens with one attached hydrogen (secondary N) is 1. The van der Waals surface area contributed by atoms with Crippen molar-refractivity contribution in [2.24, 2.45) is 23.2 Å². The molecule has 0 aromatic heterocycles. The van der Waals surface area contributed by atoms with Crippen LogP contribution in [0.15, 0.2) is 12.1 Å². The minimum atomic E-state index is -3.66. The molecule has 2 saturated carbocycles. The number of hydrogen-bond donors (Lipinski definition) is 1. The first-order chi connectivity index (χ1) is 12.9. The molecule has 1 heterocycles. The zero-order valence-corrected chi connectivity index (χ0v) is 16.6. The van der Waals surface area contributed by atoms with Gasteiger partial charge in [-0.05, 0) is 84.8 Å². The second-order valence-corrected chi connectivity index (χ2v) is 10.5. The predicted molar refractivity (Wildman–Crippen MR) is 103 cm³/mol. The maximum Gasteiger partial charge on any atom is 0.360 e. The van der Waals surface area contributed by atoms with Crippen LogP contribution in [0.1, 0.15) is 68.1 Å².